The maximum absolute atomic E-state index is 11.6. The van der Waals surface area contributed by atoms with Crippen LogP contribution >= 0.6 is 0 Å². The second kappa shape index (κ2) is 9.19. The third kappa shape index (κ3) is 8.38. The third-order valence-corrected chi connectivity index (χ3v) is 3.40. The molecule has 0 saturated carbocycles. The maximum atomic E-state index is 11.6. The molecule has 0 heterocycles. The van der Waals surface area contributed by atoms with E-state index < -0.39 is 5.60 Å². The molecular formula is C15H33N3O2. The quantitative estimate of drug-likeness (QED) is 0.719. The number of carbonyl (C=O) groups is 1. The lowest BCUT2D eigenvalue weighted by Gasteiger charge is -2.32. The zero-order chi connectivity index (χ0) is 15.8. The van der Waals surface area contributed by atoms with Gasteiger partial charge in [0, 0.05) is 25.2 Å². The molecule has 20 heavy (non-hydrogen) atoms. The molecule has 0 fully saturated rings. The van der Waals surface area contributed by atoms with Crippen molar-refractivity contribution in [3.05, 3.63) is 0 Å². The van der Waals surface area contributed by atoms with Gasteiger partial charge in [0.05, 0.1) is 0 Å². The van der Waals surface area contributed by atoms with Gasteiger partial charge in [-0.05, 0) is 47.6 Å². The number of amides is 1. The van der Waals surface area contributed by atoms with Gasteiger partial charge in [0.2, 0.25) is 0 Å². The van der Waals surface area contributed by atoms with E-state index in [1.165, 1.54) is 6.42 Å². The van der Waals surface area contributed by atoms with Crippen LogP contribution in [0.15, 0.2) is 0 Å². The number of rotatable bonds is 8. The summed E-state index contributed by atoms with van der Waals surface area (Å²) < 4.78 is 5.20. The van der Waals surface area contributed by atoms with Crippen LogP contribution in [0.1, 0.15) is 53.9 Å². The molecule has 0 aliphatic rings. The lowest BCUT2D eigenvalue weighted by molar-refractivity contribution is 0.0521. The first-order valence-electron chi connectivity index (χ1n) is 7.60. The standard InChI is InChI=1S/C15H33N3O2/c1-7-8-12(2)18(6)13(11-16)9-10-17-14(19)20-15(3,4)5/h12-13H,7-11,16H2,1-6H3,(H,17,19). The normalized spacial score (nSPS) is 15.0. The van der Waals surface area contributed by atoms with Crippen LogP contribution in [-0.4, -0.2) is 48.8 Å². The maximum Gasteiger partial charge on any atom is 0.407 e. The highest BCUT2D eigenvalue weighted by atomic mass is 16.6. The third-order valence-electron chi connectivity index (χ3n) is 3.40. The molecule has 0 aliphatic carbocycles. The van der Waals surface area contributed by atoms with Crippen LogP contribution in [0.25, 0.3) is 0 Å². The number of nitrogens with one attached hydrogen (secondary N) is 1. The zero-order valence-corrected chi connectivity index (χ0v) is 14.0. The molecule has 3 N–H and O–H groups in total. The first-order chi connectivity index (χ1) is 9.21. The van der Waals surface area contributed by atoms with Crippen molar-refractivity contribution in [2.45, 2.75) is 71.6 Å². The molecule has 2 unspecified atom stereocenters. The number of hydrogen-bond acceptors (Lipinski definition) is 4. The molecule has 0 bridgehead atoms. The smallest absolute Gasteiger partial charge is 0.407 e. The Hall–Kier alpha value is -0.810. The van der Waals surface area contributed by atoms with Crippen molar-refractivity contribution in [1.82, 2.24) is 10.2 Å². The molecule has 5 nitrogen and oxygen atoms in total. The van der Waals surface area contributed by atoms with E-state index >= 15 is 0 Å². The fourth-order valence-corrected chi connectivity index (χ4v) is 2.12. The monoisotopic (exact) mass is 287 g/mol. The highest BCUT2D eigenvalue weighted by molar-refractivity contribution is 5.67. The van der Waals surface area contributed by atoms with Crippen molar-refractivity contribution in [2.75, 3.05) is 20.1 Å². The molecule has 0 saturated heterocycles. The van der Waals surface area contributed by atoms with E-state index in [2.05, 4.69) is 31.1 Å². The molecule has 0 rings (SSSR count). The topological polar surface area (TPSA) is 67.6 Å². The van der Waals surface area contributed by atoms with Gasteiger partial charge in [0.25, 0.3) is 0 Å². The first-order valence-corrected chi connectivity index (χ1v) is 7.60. The van der Waals surface area contributed by atoms with Crippen molar-refractivity contribution in [1.29, 1.82) is 0 Å². The lowest BCUT2D eigenvalue weighted by Crippen LogP contribution is -2.45. The Bertz CT molecular complexity index is 277. The summed E-state index contributed by atoms with van der Waals surface area (Å²) >= 11 is 0. The fraction of sp³-hybridized carbons (Fsp3) is 0.933. The molecule has 0 aromatic heterocycles. The second-order valence-electron chi connectivity index (χ2n) is 6.41. The number of likely N-dealkylation sites (N-methyl/N-ethyl adjacent to an activating group) is 1. The van der Waals surface area contributed by atoms with Crippen LogP contribution in [0.5, 0.6) is 0 Å². The van der Waals surface area contributed by atoms with Crippen LogP contribution in [0.3, 0.4) is 0 Å². The molecule has 5 heteroatoms. The molecule has 1 amide bonds. The van der Waals surface area contributed by atoms with Crippen LogP contribution in [-0.2, 0) is 4.74 Å². The van der Waals surface area contributed by atoms with E-state index in [0.29, 0.717) is 19.1 Å². The molecule has 2 atom stereocenters. The summed E-state index contributed by atoms with van der Waals surface area (Å²) in [6.45, 7) is 11.2. The molecular weight excluding hydrogens is 254 g/mol. The Balaban J connectivity index is 4.10. The molecule has 0 spiro atoms. The van der Waals surface area contributed by atoms with Gasteiger partial charge in [0.1, 0.15) is 5.60 Å². The lowest BCUT2D eigenvalue weighted by atomic mass is 10.1. The molecule has 0 aromatic rings. The fourth-order valence-electron chi connectivity index (χ4n) is 2.12. The van der Waals surface area contributed by atoms with Crippen molar-refractivity contribution in [2.24, 2.45) is 5.73 Å². The number of hydrogen-bond donors (Lipinski definition) is 2. The molecule has 0 radical (unpaired) electrons. The van der Waals surface area contributed by atoms with Gasteiger partial charge < -0.3 is 15.8 Å². The van der Waals surface area contributed by atoms with Crippen LogP contribution < -0.4 is 11.1 Å². The zero-order valence-electron chi connectivity index (χ0n) is 14.0. The Kier molecular flexibility index (Phi) is 8.81. The van der Waals surface area contributed by atoms with Gasteiger partial charge in [-0.25, -0.2) is 4.79 Å². The van der Waals surface area contributed by atoms with Gasteiger partial charge in [-0.3, -0.25) is 4.90 Å². The van der Waals surface area contributed by atoms with Crippen molar-refractivity contribution < 1.29 is 9.53 Å². The van der Waals surface area contributed by atoms with Crippen LogP contribution in [0.4, 0.5) is 4.79 Å². The van der Waals surface area contributed by atoms with E-state index in [-0.39, 0.29) is 12.1 Å². The SMILES string of the molecule is CCCC(C)N(C)C(CN)CCNC(=O)OC(C)(C)C. The van der Waals surface area contributed by atoms with E-state index in [4.69, 9.17) is 10.5 Å². The van der Waals surface area contributed by atoms with Gasteiger partial charge in [-0.15, -0.1) is 0 Å². The Morgan fingerprint density at radius 3 is 2.40 bits per heavy atom. The van der Waals surface area contributed by atoms with Gasteiger partial charge in [-0.2, -0.15) is 0 Å². The summed E-state index contributed by atoms with van der Waals surface area (Å²) in [4.78, 5) is 13.9. The summed E-state index contributed by atoms with van der Waals surface area (Å²) in [6, 6.07) is 0.793. The van der Waals surface area contributed by atoms with E-state index in [1.807, 2.05) is 20.8 Å². The van der Waals surface area contributed by atoms with E-state index in [1.54, 1.807) is 0 Å². The summed E-state index contributed by atoms with van der Waals surface area (Å²) in [5, 5.41) is 2.79. The predicted octanol–water partition coefficient (Wildman–Crippen LogP) is 2.35. The number of nitrogens with zero attached hydrogens (tertiary/aromatic N) is 1. The number of alkyl carbamates (subject to hydrolysis) is 1. The van der Waals surface area contributed by atoms with Crippen molar-refractivity contribution >= 4 is 6.09 Å². The number of nitrogens with two attached hydrogens (primary N) is 1. The van der Waals surface area contributed by atoms with E-state index in [0.717, 1.165) is 12.8 Å². The molecule has 0 aliphatic heterocycles. The minimum Gasteiger partial charge on any atom is -0.444 e. The first kappa shape index (κ1) is 19.2. The summed E-state index contributed by atoms with van der Waals surface area (Å²) in [5.74, 6) is 0. The molecule has 120 valence electrons. The Labute approximate surface area is 124 Å². The number of carbonyl (C=O) groups excluding carboxylic acids is 1. The van der Waals surface area contributed by atoms with E-state index in [9.17, 15) is 4.79 Å². The minimum atomic E-state index is -0.455. The van der Waals surface area contributed by atoms with Crippen molar-refractivity contribution in [3.63, 3.8) is 0 Å². The van der Waals surface area contributed by atoms with Crippen LogP contribution in [0.2, 0.25) is 0 Å². The van der Waals surface area contributed by atoms with Gasteiger partial charge in [-0.1, -0.05) is 13.3 Å². The summed E-state index contributed by atoms with van der Waals surface area (Å²) in [5.41, 5.74) is 5.39. The minimum absolute atomic E-state index is 0.284. The highest BCUT2D eigenvalue weighted by Crippen LogP contribution is 2.10. The van der Waals surface area contributed by atoms with Gasteiger partial charge >= 0.3 is 6.09 Å². The van der Waals surface area contributed by atoms with Gasteiger partial charge in [0.15, 0.2) is 0 Å². The Morgan fingerprint density at radius 2 is 1.95 bits per heavy atom. The highest BCUT2D eigenvalue weighted by Gasteiger charge is 2.19. The predicted molar refractivity (Wildman–Crippen MR) is 83.8 cm³/mol. The van der Waals surface area contributed by atoms with Crippen molar-refractivity contribution in [3.8, 4) is 0 Å². The summed E-state index contributed by atoms with van der Waals surface area (Å²) in [7, 11) is 2.10. The van der Waals surface area contributed by atoms with Crippen LogP contribution in [0, 0.1) is 0 Å². The number of ether oxygens (including phenoxy) is 1. The second-order valence-corrected chi connectivity index (χ2v) is 6.41. The Morgan fingerprint density at radius 1 is 1.35 bits per heavy atom. The summed E-state index contributed by atoms with van der Waals surface area (Å²) in [6.07, 6.45) is 2.80. The largest absolute Gasteiger partial charge is 0.444 e. The average Bonchev–Trinajstić information content (AvgIpc) is 2.32. The average molecular weight is 287 g/mol. The molecule has 0 aromatic carbocycles.